The second-order valence-electron chi connectivity index (χ2n) is 7.17. The number of hydrogen-bond donors (Lipinski definition) is 2. The number of rotatable bonds is 5. The summed E-state index contributed by atoms with van der Waals surface area (Å²) in [5.74, 6) is 0.105. The Morgan fingerprint density at radius 3 is 2.65 bits per heavy atom. The van der Waals surface area contributed by atoms with Crippen LogP contribution in [-0.2, 0) is 11.2 Å². The summed E-state index contributed by atoms with van der Waals surface area (Å²) in [5, 5.41) is 7.71. The van der Waals surface area contributed by atoms with Crippen LogP contribution in [0.25, 0.3) is 5.69 Å². The van der Waals surface area contributed by atoms with Gasteiger partial charge in [0.2, 0.25) is 5.91 Å². The van der Waals surface area contributed by atoms with Crippen LogP contribution in [0.4, 0.5) is 4.39 Å². The maximum Gasteiger partial charge on any atom is 0.224 e. The molecule has 0 aliphatic heterocycles. The maximum absolute atomic E-state index is 13.2. The number of nitrogens with zero attached hydrogens (tertiary/aromatic N) is 2. The van der Waals surface area contributed by atoms with Crippen molar-refractivity contribution in [1.29, 1.82) is 0 Å². The summed E-state index contributed by atoms with van der Waals surface area (Å²) in [6.45, 7) is 4.46. The fraction of sp³-hybridized carbons (Fsp3) is 0.500. The van der Waals surface area contributed by atoms with E-state index in [0.717, 1.165) is 41.9 Å². The summed E-state index contributed by atoms with van der Waals surface area (Å²) in [6.07, 6.45) is 4.72. The lowest BCUT2D eigenvalue weighted by atomic mass is 9.84. The molecular formula is C20H27FN4O. The minimum Gasteiger partial charge on any atom is -0.353 e. The molecule has 2 unspecified atom stereocenters. The third kappa shape index (κ3) is 3.96. The monoisotopic (exact) mass is 358 g/mol. The van der Waals surface area contributed by atoms with Crippen LogP contribution in [-0.4, -0.2) is 28.3 Å². The zero-order chi connectivity index (χ0) is 18.7. The Bertz CT molecular complexity index is 769. The van der Waals surface area contributed by atoms with Crippen LogP contribution >= 0.6 is 0 Å². The molecule has 0 saturated heterocycles. The third-order valence-electron chi connectivity index (χ3n) is 5.41. The topological polar surface area (TPSA) is 72.9 Å². The van der Waals surface area contributed by atoms with Gasteiger partial charge in [-0.15, -0.1) is 0 Å². The Labute approximate surface area is 153 Å². The number of carbonyl (C=O) groups is 1. The van der Waals surface area contributed by atoms with Gasteiger partial charge in [-0.3, -0.25) is 4.79 Å². The summed E-state index contributed by atoms with van der Waals surface area (Å²) in [6, 6.07) is 6.37. The Morgan fingerprint density at radius 1 is 1.27 bits per heavy atom. The lowest BCUT2D eigenvalue weighted by Gasteiger charge is -2.31. The number of aromatic nitrogens is 2. The minimum atomic E-state index is -0.281. The Morgan fingerprint density at radius 2 is 1.96 bits per heavy atom. The molecule has 1 aliphatic carbocycles. The van der Waals surface area contributed by atoms with Gasteiger partial charge < -0.3 is 11.1 Å². The zero-order valence-corrected chi connectivity index (χ0v) is 15.5. The predicted octanol–water partition coefficient (Wildman–Crippen LogP) is 2.80. The molecule has 6 heteroatoms. The standard InChI is InChI=1S/C20H27FN4O/c1-13-18(11-20(26)23-19-6-4-3-5-15(19)12-22)14(2)25(24-13)17-9-7-16(21)8-10-17/h7-10,15,19H,3-6,11-12,22H2,1-2H3,(H,23,26). The van der Waals surface area contributed by atoms with Gasteiger partial charge in [0.1, 0.15) is 5.82 Å². The van der Waals surface area contributed by atoms with Crippen LogP contribution in [0, 0.1) is 25.6 Å². The van der Waals surface area contributed by atoms with E-state index < -0.39 is 0 Å². The highest BCUT2D eigenvalue weighted by Gasteiger charge is 2.26. The van der Waals surface area contributed by atoms with Gasteiger partial charge in [0, 0.05) is 17.3 Å². The summed E-state index contributed by atoms with van der Waals surface area (Å²) in [7, 11) is 0. The van der Waals surface area contributed by atoms with Gasteiger partial charge in [-0.2, -0.15) is 5.10 Å². The first-order chi connectivity index (χ1) is 12.5. The highest BCUT2D eigenvalue weighted by atomic mass is 19.1. The van der Waals surface area contributed by atoms with Crippen LogP contribution in [0.15, 0.2) is 24.3 Å². The number of hydrogen-bond acceptors (Lipinski definition) is 3. The molecule has 140 valence electrons. The first-order valence-corrected chi connectivity index (χ1v) is 9.30. The molecule has 1 saturated carbocycles. The molecule has 1 fully saturated rings. The number of nitrogens with one attached hydrogen (secondary N) is 1. The first-order valence-electron chi connectivity index (χ1n) is 9.30. The molecule has 2 atom stereocenters. The Balaban J connectivity index is 1.73. The maximum atomic E-state index is 13.2. The number of carbonyl (C=O) groups excluding carboxylic acids is 1. The molecule has 2 aromatic rings. The van der Waals surface area contributed by atoms with E-state index in [4.69, 9.17) is 5.73 Å². The molecule has 5 nitrogen and oxygen atoms in total. The van der Waals surface area contributed by atoms with Crippen molar-refractivity contribution in [3.8, 4) is 5.69 Å². The van der Waals surface area contributed by atoms with E-state index in [0.29, 0.717) is 18.9 Å². The van der Waals surface area contributed by atoms with E-state index >= 15 is 0 Å². The van der Waals surface area contributed by atoms with Crippen LogP contribution in [0.1, 0.15) is 42.6 Å². The second kappa shape index (κ2) is 7.99. The molecule has 1 aliphatic rings. The Hall–Kier alpha value is -2.21. The van der Waals surface area contributed by atoms with Gasteiger partial charge in [0.05, 0.1) is 17.8 Å². The lowest BCUT2D eigenvalue weighted by molar-refractivity contribution is -0.121. The number of aryl methyl sites for hydroxylation is 1. The fourth-order valence-corrected chi connectivity index (χ4v) is 3.86. The molecule has 1 aromatic heterocycles. The Kier molecular flexibility index (Phi) is 5.71. The second-order valence-corrected chi connectivity index (χ2v) is 7.17. The first kappa shape index (κ1) is 18.6. The number of amides is 1. The molecule has 1 amide bonds. The summed E-state index contributed by atoms with van der Waals surface area (Å²) in [5.41, 5.74) is 9.29. The van der Waals surface area contributed by atoms with Crippen LogP contribution in [0.5, 0.6) is 0 Å². The SMILES string of the molecule is Cc1nn(-c2ccc(F)cc2)c(C)c1CC(=O)NC1CCCCC1CN. The van der Waals surface area contributed by atoms with E-state index in [1.165, 1.54) is 18.6 Å². The van der Waals surface area contributed by atoms with E-state index in [1.54, 1.807) is 16.8 Å². The average Bonchev–Trinajstić information content (AvgIpc) is 2.91. The van der Waals surface area contributed by atoms with Crippen molar-refractivity contribution in [2.24, 2.45) is 11.7 Å². The molecule has 1 heterocycles. The molecule has 1 aromatic carbocycles. The fourth-order valence-electron chi connectivity index (χ4n) is 3.86. The van der Waals surface area contributed by atoms with Crippen molar-refractivity contribution in [2.75, 3.05) is 6.54 Å². The molecule has 3 rings (SSSR count). The lowest BCUT2D eigenvalue weighted by Crippen LogP contribution is -2.45. The normalized spacial score (nSPS) is 20.2. The minimum absolute atomic E-state index is 0.0141. The number of halogens is 1. The summed E-state index contributed by atoms with van der Waals surface area (Å²) in [4.78, 5) is 12.6. The van der Waals surface area contributed by atoms with Gasteiger partial charge in [0.15, 0.2) is 0 Å². The van der Waals surface area contributed by atoms with Gasteiger partial charge in [-0.25, -0.2) is 9.07 Å². The van der Waals surface area contributed by atoms with Crippen molar-refractivity contribution in [3.05, 3.63) is 47.0 Å². The number of nitrogens with two attached hydrogens (primary N) is 1. The van der Waals surface area contributed by atoms with Gasteiger partial charge in [-0.1, -0.05) is 12.8 Å². The molecule has 26 heavy (non-hydrogen) atoms. The molecule has 3 N–H and O–H groups in total. The van der Waals surface area contributed by atoms with E-state index in [1.807, 2.05) is 13.8 Å². The van der Waals surface area contributed by atoms with Crippen molar-refractivity contribution < 1.29 is 9.18 Å². The van der Waals surface area contributed by atoms with Gasteiger partial charge >= 0.3 is 0 Å². The summed E-state index contributed by atoms with van der Waals surface area (Å²) >= 11 is 0. The molecule has 0 spiro atoms. The van der Waals surface area contributed by atoms with Crippen molar-refractivity contribution in [1.82, 2.24) is 15.1 Å². The van der Waals surface area contributed by atoms with Crippen molar-refractivity contribution in [3.63, 3.8) is 0 Å². The van der Waals surface area contributed by atoms with Crippen LogP contribution < -0.4 is 11.1 Å². The molecule has 0 bridgehead atoms. The smallest absolute Gasteiger partial charge is 0.224 e. The van der Waals surface area contributed by atoms with E-state index in [-0.39, 0.29) is 17.8 Å². The van der Waals surface area contributed by atoms with Crippen molar-refractivity contribution >= 4 is 5.91 Å². The van der Waals surface area contributed by atoms with Crippen molar-refractivity contribution in [2.45, 2.75) is 52.0 Å². The largest absolute Gasteiger partial charge is 0.353 e. The zero-order valence-electron chi connectivity index (χ0n) is 15.5. The van der Waals surface area contributed by atoms with Gasteiger partial charge in [0.25, 0.3) is 0 Å². The quantitative estimate of drug-likeness (QED) is 0.863. The predicted molar refractivity (Wildman–Crippen MR) is 99.6 cm³/mol. The van der Waals surface area contributed by atoms with Crippen LogP contribution in [0.2, 0.25) is 0 Å². The van der Waals surface area contributed by atoms with Gasteiger partial charge in [-0.05, 0) is 63.4 Å². The highest BCUT2D eigenvalue weighted by molar-refractivity contribution is 5.79. The average molecular weight is 358 g/mol. The highest BCUT2D eigenvalue weighted by Crippen LogP contribution is 2.24. The number of benzene rings is 1. The summed E-state index contributed by atoms with van der Waals surface area (Å²) < 4.78 is 14.9. The third-order valence-corrected chi connectivity index (χ3v) is 5.41. The molecule has 0 radical (unpaired) electrons. The van der Waals surface area contributed by atoms with E-state index in [9.17, 15) is 9.18 Å². The van der Waals surface area contributed by atoms with E-state index in [2.05, 4.69) is 10.4 Å². The molecular weight excluding hydrogens is 331 g/mol. The van der Waals surface area contributed by atoms with Crippen LogP contribution in [0.3, 0.4) is 0 Å².